The van der Waals surface area contributed by atoms with E-state index >= 15 is 0 Å². The van der Waals surface area contributed by atoms with Crippen molar-refractivity contribution in [1.82, 2.24) is 0 Å². The van der Waals surface area contributed by atoms with Crippen LogP contribution in [0.5, 0.6) is 0 Å². The molecule has 1 aliphatic rings. The number of hydrogen-bond donors (Lipinski definition) is 0. The quantitative estimate of drug-likeness (QED) is 0.625. The minimum absolute atomic E-state index is 0.168. The Bertz CT molecular complexity index is 364. The molecular weight excluding hydrogens is 181 g/mol. The minimum atomic E-state index is -0.287. The molecule has 14 heavy (non-hydrogen) atoms. The van der Waals surface area contributed by atoms with Crippen molar-refractivity contribution in [3.05, 3.63) is 29.6 Å². The normalized spacial score (nSPS) is 20.4. The topological polar surface area (TPSA) is 20.3 Å². The van der Waals surface area contributed by atoms with Gasteiger partial charge in [0.15, 0.2) is 0 Å². The Hall–Kier alpha value is -1.38. The summed E-state index contributed by atoms with van der Waals surface area (Å²) in [5.74, 6) is -0.287. The number of benzene rings is 1. The molecule has 1 aromatic rings. The SMILES string of the molecule is CC1CCc2ccc(F)cc2N1C=O. The molecule has 1 atom stereocenters. The smallest absolute Gasteiger partial charge is 0.214 e. The highest BCUT2D eigenvalue weighted by atomic mass is 19.1. The van der Waals surface area contributed by atoms with Crippen molar-refractivity contribution in [3.63, 3.8) is 0 Å². The summed E-state index contributed by atoms with van der Waals surface area (Å²) in [5, 5.41) is 0. The van der Waals surface area contributed by atoms with Crippen LogP contribution in [-0.2, 0) is 11.2 Å². The second kappa shape index (κ2) is 3.40. The van der Waals surface area contributed by atoms with E-state index < -0.39 is 0 Å². The van der Waals surface area contributed by atoms with Crippen LogP contribution >= 0.6 is 0 Å². The van der Waals surface area contributed by atoms with E-state index in [2.05, 4.69) is 0 Å². The van der Waals surface area contributed by atoms with Crippen molar-refractivity contribution in [2.45, 2.75) is 25.8 Å². The van der Waals surface area contributed by atoms with Gasteiger partial charge in [0.05, 0.1) is 0 Å². The molecule has 1 heterocycles. The fraction of sp³-hybridized carbons (Fsp3) is 0.364. The van der Waals surface area contributed by atoms with Gasteiger partial charge in [0.25, 0.3) is 0 Å². The largest absolute Gasteiger partial charge is 0.312 e. The number of hydrogen-bond acceptors (Lipinski definition) is 1. The van der Waals surface area contributed by atoms with Gasteiger partial charge in [-0.1, -0.05) is 6.07 Å². The van der Waals surface area contributed by atoms with E-state index in [0.717, 1.165) is 30.5 Å². The molecule has 0 saturated carbocycles. The van der Waals surface area contributed by atoms with Gasteiger partial charge in [-0.25, -0.2) is 4.39 Å². The average Bonchev–Trinajstić information content (AvgIpc) is 2.17. The van der Waals surface area contributed by atoms with E-state index in [4.69, 9.17) is 0 Å². The predicted molar refractivity (Wildman–Crippen MR) is 52.7 cm³/mol. The van der Waals surface area contributed by atoms with Crippen molar-refractivity contribution < 1.29 is 9.18 Å². The molecule has 1 aliphatic heterocycles. The Kier molecular flexibility index (Phi) is 2.23. The maximum atomic E-state index is 13.0. The van der Waals surface area contributed by atoms with Crippen molar-refractivity contribution >= 4 is 12.1 Å². The summed E-state index contributed by atoms with van der Waals surface area (Å²) >= 11 is 0. The molecule has 1 amide bonds. The number of anilines is 1. The van der Waals surface area contributed by atoms with Crippen molar-refractivity contribution in [1.29, 1.82) is 0 Å². The standard InChI is InChI=1S/C11H12FNO/c1-8-2-3-9-4-5-10(12)6-11(9)13(8)7-14/h4-8H,2-3H2,1H3. The summed E-state index contributed by atoms with van der Waals surface area (Å²) in [6.07, 6.45) is 2.64. The third-order valence-electron chi connectivity index (χ3n) is 2.75. The predicted octanol–water partition coefficient (Wildman–Crippen LogP) is 2.12. The molecule has 3 heteroatoms. The van der Waals surface area contributed by atoms with E-state index in [-0.39, 0.29) is 11.9 Å². The molecule has 0 aromatic heterocycles. The summed E-state index contributed by atoms with van der Waals surface area (Å²) in [7, 11) is 0. The molecule has 0 N–H and O–H groups in total. The van der Waals surface area contributed by atoms with Crippen LogP contribution < -0.4 is 4.90 Å². The van der Waals surface area contributed by atoms with Gasteiger partial charge in [-0.05, 0) is 37.5 Å². The molecule has 0 aliphatic carbocycles. The third-order valence-corrected chi connectivity index (χ3v) is 2.75. The number of halogens is 1. The Morgan fingerprint density at radius 2 is 2.36 bits per heavy atom. The van der Waals surface area contributed by atoms with Crippen molar-refractivity contribution in [3.8, 4) is 0 Å². The molecule has 0 fully saturated rings. The van der Waals surface area contributed by atoms with Crippen LogP contribution in [0.4, 0.5) is 10.1 Å². The number of amides is 1. The second-order valence-electron chi connectivity index (χ2n) is 3.67. The van der Waals surface area contributed by atoms with E-state index in [1.807, 2.05) is 6.92 Å². The van der Waals surface area contributed by atoms with E-state index in [0.29, 0.717) is 0 Å². The summed E-state index contributed by atoms with van der Waals surface area (Å²) in [5.41, 5.74) is 1.77. The van der Waals surface area contributed by atoms with Gasteiger partial charge in [0.1, 0.15) is 5.82 Å². The zero-order chi connectivity index (χ0) is 10.1. The minimum Gasteiger partial charge on any atom is -0.312 e. The highest BCUT2D eigenvalue weighted by Gasteiger charge is 2.22. The molecule has 0 spiro atoms. The molecule has 1 unspecified atom stereocenters. The van der Waals surface area contributed by atoms with Crippen LogP contribution in [0.2, 0.25) is 0 Å². The summed E-state index contributed by atoms with van der Waals surface area (Å²) in [4.78, 5) is 12.4. The Morgan fingerprint density at radius 3 is 3.07 bits per heavy atom. The lowest BCUT2D eigenvalue weighted by molar-refractivity contribution is -0.107. The van der Waals surface area contributed by atoms with E-state index in [9.17, 15) is 9.18 Å². The Balaban J connectivity index is 2.48. The van der Waals surface area contributed by atoms with Crippen LogP contribution in [0.15, 0.2) is 18.2 Å². The number of fused-ring (bicyclic) bond motifs is 1. The first-order chi connectivity index (χ1) is 6.72. The zero-order valence-corrected chi connectivity index (χ0v) is 8.03. The van der Waals surface area contributed by atoms with Crippen LogP contribution in [0.25, 0.3) is 0 Å². The second-order valence-corrected chi connectivity index (χ2v) is 3.67. The monoisotopic (exact) mass is 193 g/mol. The number of carbonyl (C=O) groups excluding carboxylic acids is 1. The van der Waals surface area contributed by atoms with Crippen LogP contribution in [0.3, 0.4) is 0 Å². The van der Waals surface area contributed by atoms with Gasteiger partial charge in [-0.3, -0.25) is 4.79 Å². The van der Waals surface area contributed by atoms with Crippen molar-refractivity contribution in [2.24, 2.45) is 0 Å². The Labute approximate surface area is 82.3 Å². The Morgan fingerprint density at radius 1 is 1.57 bits per heavy atom. The highest BCUT2D eigenvalue weighted by molar-refractivity contribution is 5.78. The van der Waals surface area contributed by atoms with Gasteiger partial charge in [0, 0.05) is 11.7 Å². The third kappa shape index (κ3) is 1.39. The number of carbonyl (C=O) groups is 1. The maximum Gasteiger partial charge on any atom is 0.214 e. The molecule has 0 saturated heterocycles. The molecule has 0 radical (unpaired) electrons. The van der Waals surface area contributed by atoms with Gasteiger partial charge in [-0.2, -0.15) is 0 Å². The number of aryl methyl sites for hydroxylation is 1. The zero-order valence-electron chi connectivity index (χ0n) is 8.03. The lowest BCUT2D eigenvalue weighted by atomic mass is 9.97. The summed E-state index contributed by atoms with van der Waals surface area (Å²) < 4.78 is 13.0. The molecule has 2 nitrogen and oxygen atoms in total. The lowest BCUT2D eigenvalue weighted by Crippen LogP contribution is -2.36. The van der Waals surface area contributed by atoms with Crippen LogP contribution in [0, 0.1) is 5.82 Å². The van der Waals surface area contributed by atoms with Gasteiger partial charge < -0.3 is 4.90 Å². The van der Waals surface area contributed by atoms with Crippen LogP contribution in [-0.4, -0.2) is 12.5 Å². The summed E-state index contributed by atoms with van der Waals surface area (Å²) in [6.45, 7) is 1.97. The molecule has 74 valence electrons. The molecule has 2 rings (SSSR count). The first-order valence-corrected chi connectivity index (χ1v) is 4.74. The molecular formula is C11H12FNO. The van der Waals surface area contributed by atoms with E-state index in [1.165, 1.54) is 12.1 Å². The van der Waals surface area contributed by atoms with Crippen molar-refractivity contribution in [2.75, 3.05) is 4.90 Å². The number of rotatable bonds is 1. The molecule has 1 aromatic carbocycles. The van der Waals surface area contributed by atoms with Gasteiger partial charge in [-0.15, -0.1) is 0 Å². The first-order valence-electron chi connectivity index (χ1n) is 4.74. The van der Waals surface area contributed by atoms with Crippen LogP contribution in [0.1, 0.15) is 18.9 Å². The number of nitrogens with zero attached hydrogens (tertiary/aromatic N) is 1. The van der Waals surface area contributed by atoms with E-state index in [1.54, 1.807) is 11.0 Å². The maximum absolute atomic E-state index is 13.0. The average molecular weight is 193 g/mol. The van der Waals surface area contributed by atoms with Gasteiger partial charge in [0.2, 0.25) is 6.41 Å². The van der Waals surface area contributed by atoms with Gasteiger partial charge >= 0.3 is 0 Å². The summed E-state index contributed by atoms with van der Waals surface area (Å²) in [6, 6.07) is 4.80. The molecule has 0 bridgehead atoms. The fourth-order valence-corrected chi connectivity index (χ4v) is 1.89. The highest BCUT2D eigenvalue weighted by Crippen LogP contribution is 2.29. The lowest BCUT2D eigenvalue weighted by Gasteiger charge is -2.32. The fourth-order valence-electron chi connectivity index (χ4n) is 1.89. The first kappa shape index (κ1) is 9.19.